The highest BCUT2D eigenvalue weighted by molar-refractivity contribution is 7.89. The molecule has 1 fully saturated rings. The predicted molar refractivity (Wildman–Crippen MR) is 67.3 cm³/mol. The Kier molecular flexibility index (Phi) is 3.79. The molecule has 1 aromatic heterocycles. The fourth-order valence-electron chi connectivity index (χ4n) is 1.60. The first-order valence-corrected chi connectivity index (χ1v) is 7.25. The molecule has 100 valence electrons. The van der Waals surface area contributed by atoms with Crippen molar-refractivity contribution in [3.8, 4) is 0 Å². The van der Waals surface area contributed by atoms with Crippen LogP contribution in [0.5, 0.6) is 0 Å². The van der Waals surface area contributed by atoms with Crippen molar-refractivity contribution in [2.24, 2.45) is 0 Å². The van der Waals surface area contributed by atoms with Crippen molar-refractivity contribution in [1.82, 2.24) is 19.6 Å². The SMILES string of the molecule is CN(CCNS(=O)(=O)c1cnc(N)nc1)C1CC1. The Labute approximate surface area is 106 Å². The van der Waals surface area contributed by atoms with Crippen LogP contribution in [0, 0.1) is 0 Å². The number of anilines is 1. The summed E-state index contributed by atoms with van der Waals surface area (Å²) in [5.41, 5.74) is 5.31. The van der Waals surface area contributed by atoms with Crippen LogP contribution in [-0.4, -0.2) is 49.5 Å². The van der Waals surface area contributed by atoms with Gasteiger partial charge in [-0.2, -0.15) is 0 Å². The first-order valence-electron chi connectivity index (χ1n) is 5.76. The second kappa shape index (κ2) is 5.17. The monoisotopic (exact) mass is 271 g/mol. The van der Waals surface area contributed by atoms with Crippen LogP contribution < -0.4 is 10.5 Å². The van der Waals surface area contributed by atoms with Gasteiger partial charge in [-0.25, -0.2) is 23.1 Å². The highest BCUT2D eigenvalue weighted by Crippen LogP contribution is 2.24. The van der Waals surface area contributed by atoms with Crippen molar-refractivity contribution in [1.29, 1.82) is 0 Å². The molecule has 0 saturated heterocycles. The first kappa shape index (κ1) is 13.2. The van der Waals surface area contributed by atoms with Crippen molar-refractivity contribution in [2.75, 3.05) is 25.9 Å². The van der Waals surface area contributed by atoms with Crippen LogP contribution in [0.1, 0.15) is 12.8 Å². The molecule has 8 heteroatoms. The number of likely N-dealkylation sites (N-methyl/N-ethyl adjacent to an activating group) is 1. The second-order valence-corrected chi connectivity index (χ2v) is 6.15. The second-order valence-electron chi connectivity index (χ2n) is 4.39. The van der Waals surface area contributed by atoms with Crippen molar-refractivity contribution >= 4 is 16.0 Å². The lowest BCUT2D eigenvalue weighted by Gasteiger charge is -2.15. The first-order chi connectivity index (χ1) is 8.49. The van der Waals surface area contributed by atoms with E-state index in [0.717, 1.165) is 0 Å². The number of nitrogen functional groups attached to an aromatic ring is 1. The van der Waals surface area contributed by atoms with Crippen LogP contribution in [0.3, 0.4) is 0 Å². The number of hydrogen-bond donors (Lipinski definition) is 2. The van der Waals surface area contributed by atoms with Crippen LogP contribution in [0.2, 0.25) is 0 Å². The molecule has 1 heterocycles. The lowest BCUT2D eigenvalue weighted by molar-refractivity contribution is 0.329. The molecule has 1 saturated carbocycles. The Morgan fingerprint density at radius 1 is 1.44 bits per heavy atom. The molecule has 0 atom stereocenters. The summed E-state index contributed by atoms with van der Waals surface area (Å²) < 4.78 is 26.2. The summed E-state index contributed by atoms with van der Waals surface area (Å²) in [4.78, 5) is 9.52. The number of rotatable bonds is 6. The van der Waals surface area contributed by atoms with E-state index in [1.54, 1.807) is 0 Å². The average Bonchev–Trinajstić information content (AvgIpc) is 3.13. The van der Waals surface area contributed by atoms with Gasteiger partial charge in [0.15, 0.2) is 0 Å². The van der Waals surface area contributed by atoms with Gasteiger partial charge in [0.05, 0.1) is 12.4 Å². The van der Waals surface area contributed by atoms with Crippen LogP contribution >= 0.6 is 0 Å². The number of nitrogens with two attached hydrogens (primary N) is 1. The quantitative estimate of drug-likeness (QED) is 0.718. The molecular weight excluding hydrogens is 254 g/mol. The molecule has 1 aliphatic carbocycles. The van der Waals surface area contributed by atoms with Crippen molar-refractivity contribution in [3.05, 3.63) is 12.4 Å². The van der Waals surface area contributed by atoms with E-state index in [1.165, 1.54) is 25.2 Å². The molecule has 3 N–H and O–H groups in total. The summed E-state index contributed by atoms with van der Waals surface area (Å²) in [6.07, 6.45) is 4.81. The van der Waals surface area contributed by atoms with E-state index in [1.807, 2.05) is 7.05 Å². The van der Waals surface area contributed by atoms with E-state index in [9.17, 15) is 8.42 Å². The Balaban J connectivity index is 1.88. The molecule has 0 amide bonds. The highest BCUT2D eigenvalue weighted by atomic mass is 32.2. The maximum absolute atomic E-state index is 11.9. The third kappa shape index (κ3) is 3.37. The topological polar surface area (TPSA) is 101 Å². The van der Waals surface area contributed by atoms with Gasteiger partial charge in [-0.05, 0) is 19.9 Å². The molecule has 18 heavy (non-hydrogen) atoms. The Bertz CT molecular complexity index is 498. The van der Waals surface area contributed by atoms with E-state index < -0.39 is 10.0 Å². The van der Waals surface area contributed by atoms with Crippen LogP contribution in [0.25, 0.3) is 0 Å². The van der Waals surface area contributed by atoms with Crippen molar-refractivity contribution in [2.45, 2.75) is 23.8 Å². The zero-order chi connectivity index (χ0) is 13.2. The molecule has 2 rings (SSSR count). The molecule has 0 bridgehead atoms. The number of nitrogens with zero attached hydrogens (tertiary/aromatic N) is 3. The lowest BCUT2D eigenvalue weighted by Crippen LogP contribution is -2.34. The highest BCUT2D eigenvalue weighted by Gasteiger charge is 2.25. The normalized spacial score (nSPS) is 16.1. The molecule has 0 aliphatic heterocycles. The molecule has 1 aromatic rings. The largest absolute Gasteiger partial charge is 0.368 e. The van der Waals surface area contributed by atoms with Crippen LogP contribution in [0.15, 0.2) is 17.3 Å². The maximum atomic E-state index is 11.9. The zero-order valence-electron chi connectivity index (χ0n) is 10.2. The maximum Gasteiger partial charge on any atom is 0.243 e. The summed E-state index contributed by atoms with van der Waals surface area (Å²) in [5.74, 6) is 0.0578. The van der Waals surface area contributed by atoms with Gasteiger partial charge in [0.2, 0.25) is 16.0 Å². The molecule has 0 spiro atoms. The van der Waals surface area contributed by atoms with Gasteiger partial charge >= 0.3 is 0 Å². The zero-order valence-corrected chi connectivity index (χ0v) is 11.0. The van der Waals surface area contributed by atoms with Crippen molar-refractivity contribution in [3.63, 3.8) is 0 Å². The van der Waals surface area contributed by atoms with Crippen molar-refractivity contribution < 1.29 is 8.42 Å². The van der Waals surface area contributed by atoms with Gasteiger partial charge in [0.25, 0.3) is 0 Å². The minimum atomic E-state index is -3.54. The number of hydrogen-bond acceptors (Lipinski definition) is 6. The van der Waals surface area contributed by atoms with Crippen LogP contribution in [-0.2, 0) is 10.0 Å². The van der Waals surface area contributed by atoms with E-state index in [4.69, 9.17) is 5.73 Å². The third-order valence-electron chi connectivity index (χ3n) is 2.89. The Morgan fingerprint density at radius 2 is 2.06 bits per heavy atom. The molecule has 0 unspecified atom stereocenters. The third-order valence-corrected chi connectivity index (χ3v) is 4.30. The lowest BCUT2D eigenvalue weighted by atomic mass is 10.5. The van der Waals surface area contributed by atoms with E-state index in [2.05, 4.69) is 19.6 Å². The smallest absolute Gasteiger partial charge is 0.243 e. The van der Waals surface area contributed by atoms with Gasteiger partial charge in [0.1, 0.15) is 4.90 Å². The van der Waals surface area contributed by atoms with Gasteiger partial charge in [-0.3, -0.25) is 0 Å². The number of sulfonamides is 1. The van der Waals surface area contributed by atoms with Gasteiger partial charge in [0, 0.05) is 19.1 Å². The molecule has 1 aliphatic rings. The minimum Gasteiger partial charge on any atom is -0.368 e. The minimum absolute atomic E-state index is 0.0331. The average molecular weight is 271 g/mol. The predicted octanol–water partition coefficient (Wildman–Crippen LogP) is -0.569. The molecule has 7 nitrogen and oxygen atoms in total. The summed E-state index contributed by atoms with van der Waals surface area (Å²) >= 11 is 0. The Morgan fingerprint density at radius 3 is 2.61 bits per heavy atom. The number of aromatic nitrogens is 2. The molecule has 0 radical (unpaired) electrons. The van der Waals surface area contributed by atoms with Gasteiger partial charge < -0.3 is 10.6 Å². The number of nitrogens with one attached hydrogen (secondary N) is 1. The summed E-state index contributed by atoms with van der Waals surface area (Å²) in [6, 6.07) is 0.620. The standard InChI is InChI=1S/C10H17N5O2S/c1-15(8-2-3-8)5-4-14-18(16,17)9-6-12-10(11)13-7-9/h6-8,14H,2-5H2,1H3,(H2,11,12,13). The molecule has 0 aromatic carbocycles. The van der Waals surface area contributed by atoms with E-state index >= 15 is 0 Å². The summed E-state index contributed by atoms with van der Waals surface area (Å²) in [6.45, 7) is 1.07. The van der Waals surface area contributed by atoms with Crippen LogP contribution in [0.4, 0.5) is 5.95 Å². The Hall–Kier alpha value is -1.25. The van der Waals surface area contributed by atoms with Gasteiger partial charge in [-0.15, -0.1) is 0 Å². The van der Waals surface area contributed by atoms with E-state index in [-0.39, 0.29) is 10.8 Å². The summed E-state index contributed by atoms with van der Waals surface area (Å²) in [7, 11) is -1.54. The fraction of sp³-hybridized carbons (Fsp3) is 0.600. The summed E-state index contributed by atoms with van der Waals surface area (Å²) in [5, 5.41) is 0. The molecular formula is C10H17N5O2S. The van der Waals surface area contributed by atoms with Gasteiger partial charge in [-0.1, -0.05) is 0 Å². The van der Waals surface area contributed by atoms with E-state index in [0.29, 0.717) is 19.1 Å². The fourth-order valence-corrected chi connectivity index (χ4v) is 2.51.